The van der Waals surface area contributed by atoms with Crippen molar-refractivity contribution in [3.8, 4) is 22.9 Å². The molecule has 0 saturated carbocycles. The van der Waals surface area contributed by atoms with Crippen LogP contribution in [0.3, 0.4) is 0 Å². The molecule has 0 aliphatic heterocycles. The van der Waals surface area contributed by atoms with Crippen molar-refractivity contribution >= 4 is 35.4 Å². The van der Waals surface area contributed by atoms with Gasteiger partial charge in [0.2, 0.25) is 5.16 Å². The van der Waals surface area contributed by atoms with E-state index >= 15 is 0 Å². The van der Waals surface area contributed by atoms with Crippen molar-refractivity contribution in [2.24, 2.45) is 0 Å². The van der Waals surface area contributed by atoms with Crippen molar-refractivity contribution in [3.05, 3.63) is 93.6 Å². The van der Waals surface area contributed by atoms with E-state index in [1.54, 1.807) is 54.6 Å². The third-order valence-corrected chi connectivity index (χ3v) is 5.90. The van der Waals surface area contributed by atoms with Gasteiger partial charge in [-0.3, -0.25) is 5.10 Å². The number of rotatable bonds is 9. The summed E-state index contributed by atoms with van der Waals surface area (Å²) < 4.78 is 24.0. The molecule has 3 aromatic carbocycles. The predicted molar refractivity (Wildman–Crippen MR) is 132 cm³/mol. The van der Waals surface area contributed by atoms with Gasteiger partial charge in [-0.25, -0.2) is 14.2 Å². The maximum Gasteiger partial charge on any atom is 0.342 e. The number of hydrogen-bond acceptors (Lipinski definition) is 6. The largest absolute Gasteiger partial charge is 0.496 e. The van der Waals surface area contributed by atoms with Crippen LogP contribution in [-0.2, 0) is 11.4 Å². The van der Waals surface area contributed by atoms with E-state index in [0.29, 0.717) is 33.5 Å². The second-order valence-corrected chi connectivity index (χ2v) is 8.66. The molecule has 2 N–H and O–H groups in total. The Morgan fingerprint density at radius 2 is 1.89 bits per heavy atom. The highest BCUT2D eigenvalue weighted by atomic mass is 35.5. The van der Waals surface area contributed by atoms with Crippen LogP contribution in [-0.4, -0.2) is 33.4 Å². The Hall–Kier alpha value is -3.82. The monoisotopic (exact) mass is 511 g/mol. The molecule has 10 heteroatoms. The molecule has 0 atom stereocenters. The summed E-state index contributed by atoms with van der Waals surface area (Å²) in [4.78, 5) is 16.2. The summed E-state index contributed by atoms with van der Waals surface area (Å²) >= 11 is 6.99. The molecule has 7 nitrogen and oxygen atoms in total. The van der Waals surface area contributed by atoms with Crippen LogP contribution < -0.4 is 9.47 Å². The summed E-state index contributed by atoms with van der Waals surface area (Å²) in [5.74, 6) is 0.142. The number of ether oxygens (including phenoxy) is 2. The first kappa shape index (κ1) is 24.3. The van der Waals surface area contributed by atoms with Crippen LogP contribution in [0.4, 0.5) is 4.39 Å². The van der Waals surface area contributed by atoms with Crippen LogP contribution in [0.5, 0.6) is 11.5 Å². The summed E-state index contributed by atoms with van der Waals surface area (Å²) in [5, 5.41) is 17.3. The molecule has 0 radical (unpaired) electrons. The molecule has 0 amide bonds. The maximum absolute atomic E-state index is 13.0. The van der Waals surface area contributed by atoms with Crippen LogP contribution in [0.25, 0.3) is 17.5 Å². The number of aromatic nitrogens is 3. The number of nitrogens with zero attached hydrogens (tertiary/aromatic N) is 2. The van der Waals surface area contributed by atoms with Gasteiger partial charge >= 0.3 is 5.97 Å². The maximum atomic E-state index is 13.0. The molecule has 0 spiro atoms. The molecular weight excluding hydrogens is 493 g/mol. The van der Waals surface area contributed by atoms with Gasteiger partial charge in [-0.15, -0.1) is 5.10 Å². The van der Waals surface area contributed by atoms with Crippen molar-refractivity contribution in [2.75, 3.05) is 7.11 Å². The third-order valence-electron chi connectivity index (χ3n) is 4.79. The molecule has 35 heavy (non-hydrogen) atoms. The lowest BCUT2D eigenvalue weighted by Gasteiger charge is -2.07. The smallest absolute Gasteiger partial charge is 0.342 e. The van der Waals surface area contributed by atoms with Crippen molar-refractivity contribution < 1.29 is 23.8 Å². The zero-order chi connectivity index (χ0) is 24.8. The molecule has 0 aliphatic rings. The fourth-order valence-corrected chi connectivity index (χ4v) is 3.95. The highest BCUT2D eigenvalue weighted by molar-refractivity contribution is 8.04. The number of methoxy groups -OCH3 is 1. The summed E-state index contributed by atoms with van der Waals surface area (Å²) in [6.45, 7) is 0.288. The van der Waals surface area contributed by atoms with E-state index in [0.717, 1.165) is 17.3 Å². The predicted octanol–water partition coefficient (Wildman–Crippen LogP) is 6.07. The van der Waals surface area contributed by atoms with Crippen molar-refractivity contribution in [2.45, 2.75) is 11.8 Å². The molecule has 1 aromatic heterocycles. The van der Waals surface area contributed by atoms with E-state index in [4.69, 9.17) is 21.1 Å². The fraction of sp³-hybridized carbons (Fsp3) is 0.0800. The summed E-state index contributed by atoms with van der Waals surface area (Å²) in [6, 6.07) is 18.1. The van der Waals surface area contributed by atoms with E-state index < -0.39 is 5.97 Å². The average molecular weight is 512 g/mol. The minimum Gasteiger partial charge on any atom is -0.496 e. The molecule has 0 aliphatic carbocycles. The Balaban J connectivity index is 1.46. The highest BCUT2D eigenvalue weighted by Gasteiger charge is 2.16. The standard InChI is InChI=1S/C25H19ClFN3O4S/c1-33-21-11-6-17(26)13-20(21)23-28-25(30-29-23)35-22(24(31)32)12-15-4-9-19(10-5-15)34-14-16-2-7-18(27)8-3-16/h2-13H,14H2,1H3,(H,31,32)(H,28,29,30)/b22-12-. The number of H-pyrrole nitrogens is 1. The van der Waals surface area contributed by atoms with Crippen molar-refractivity contribution in [1.82, 2.24) is 15.2 Å². The number of thioether (sulfide) groups is 1. The van der Waals surface area contributed by atoms with Gasteiger partial charge in [0.1, 0.15) is 28.8 Å². The number of carbonyl (C=O) groups is 1. The number of carboxylic acid groups (broad SMARTS) is 1. The van der Waals surface area contributed by atoms with E-state index in [1.165, 1.54) is 25.3 Å². The van der Waals surface area contributed by atoms with Crippen LogP contribution in [0.2, 0.25) is 5.02 Å². The Bertz CT molecular complexity index is 1360. The first-order valence-electron chi connectivity index (χ1n) is 10.3. The Labute approximate surface area is 209 Å². The summed E-state index contributed by atoms with van der Waals surface area (Å²) in [7, 11) is 1.53. The molecule has 0 unspecified atom stereocenters. The Morgan fingerprint density at radius 1 is 1.14 bits per heavy atom. The highest BCUT2D eigenvalue weighted by Crippen LogP contribution is 2.33. The molecule has 178 valence electrons. The Morgan fingerprint density at radius 3 is 2.57 bits per heavy atom. The first-order chi connectivity index (χ1) is 16.9. The number of benzene rings is 3. The molecule has 4 aromatic rings. The second-order valence-electron chi connectivity index (χ2n) is 7.21. The number of carboxylic acids is 1. The van der Waals surface area contributed by atoms with Gasteiger partial charge in [0.05, 0.1) is 12.7 Å². The number of aliphatic carboxylic acids is 1. The second kappa shape index (κ2) is 11.1. The lowest BCUT2D eigenvalue weighted by molar-refractivity contribution is -0.131. The van der Waals surface area contributed by atoms with Gasteiger partial charge in [-0.2, -0.15) is 0 Å². The normalized spacial score (nSPS) is 11.3. The minimum atomic E-state index is -1.11. The van der Waals surface area contributed by atoms with Gasteiger partial charge in [0.15, 0.2) is 5.82 Å². The molecule has 0 saturated heterocycles. The van der Waals surface area contributed by atoms with E-state index in [9.17, 15) is 14.3 Å². The van der Waals surface area contributed by atoms with Crippen molar-refractivity contribution in [1.29, 1.82) is 0 Å². The van der Waals surface area contributed by atoms with Gasteiger partial charge in [-0.05, 0) is 71.4 Å². The molecule has 0 bridgehead atoms. The van der Waals surface area contributed by atoms with Crippen LogP contribution in [0.1, 0.15) is 11.1 Å². The minimum absolute atomic E-state index is 0.0357. The van der Waals surface area contributed by atoms with Crippen molar-refractivity contribution in [3.63, 3.8) is 0 Å². The van der Waals surface area contributed by atoms with E-state index in [1.807, 2.05) is 0 Å². The topological polar surface area (TPSA) is 97.3 Å². The first-order valence-corrected chi connectivity index (χ1v) is 11.5. The zero-order valence-electron chi connectivity index (χ0n) is 18.4. The lowest BCUT2D eigenvalue weighted by atomic mass is 10.2. The lowest BCUT2D eigenvalue weighted by Crippen LogP contribution is -1.98. The molecule has 4 rings (SSSR count). The quantitative estimate of drug-likeness (QED) is 0.208. The van der Waals surface area contributed by atoms with Gasteiger partial charge in [0, 0.05) is 5.02 Å². The van der Waals surface area contributed by atoms with E-state index in [2.05, 4.69) is 15.2 Å². The Kier molecular flexibility index (Phi) is 7.69. The van der Waals surface area contributed by atoms with Gasteiger partial charge in [-0.1, -0.05) is 35.9 Å². The molecular formula is C25H19ClFN3O4S. The number of aromatic amines is 1. The number of hydrogen-bond donors (Lipinski definition) is 2. The van der Waals surface area contributed by atoms with Gasteiger partial charge < -0.3 is 14.6 Å². The SMILES string of the molecule is COc1ccc(Cl)cc1-c1nc(S/C(=C\c2ccc(OCc3ccc(F)cc3)cc2)C(=O)O)n[nH]1. The average Bonchev–Trinajstić information content (AvgIpc) is 3.32. The number of halogens is 2. The van der Waals surface area contributed by atoms with Gasteiger partial charge in [0.25, 0.3) is 0 Å². The molecule has 0 fully saturated rings. The summed E-state index contributed by atoms with van der Waals surface area (Å²) in [5.41, 5.74) is 2.11. The third kappa shape index (κ3) is 6.40. The van der Waals surface area contributed by atoms with Crippen LogP contribution in [0, 0.1) is 5.82 Å². The van der Waals surface area contributed by atoms with Crippen LogP contribution in [0.15, 0.2) is 76.8 Å². The van der Waals surface area contributed by atoms with Crippen LogP contribution >= 0.6 is 23.4 Å². The fourth-order valence-electron chi connectivity index (χ4n) is 3.07. The summed E-state index contributed by atoms with van der Waals surface area (Å²) in [6.07, 6.45) is 1.52. The zero-order valence-corrected chi connectivity index (χ0v) is 19.9. The molecule has 1 heterocycles. The van der Waals surface area contributed by atoms with E-state index in [-0.39, 0.29) is 22.5 Å². The number of nitrogens with one attached hydrogen (secondary N) is 1.